The van der Waals surface area contributed by atoms with Crippen molar-refractivity contribution in [1.82, 2.24) is 0 Å². The van der Waals surface area contributed by atoms with Crippen LogP contribution in [0.3, 0.4) is 0 Å². The Morgan fingerprint density at radius 3 is 2.43 bits per heavy atom. The van der Waals surface area contributed by atoms with Crippen LogP contribution in [0.1, 0.15) is 112 Å². The summed E-state index contributed by atoms with van der Waals surface area (Å²) in [5.41, 5.74) is 1.41. The molecule has 4 aliphatic rings. The van der Waals surface area contributed by atoms with E-state index in [9.17, 15) is 19.5 Å². The van der Waals surface area contributed by atoms with Gasteiger partial charge in [0.1, 0.15) is 6.10 Å². The van der Waals surface area contributed by atoms with Crippen molar-refractivity contribution in [1.29, 1.82) is 0 Å². The van der Waals surface area contributed by atoms with Crippen molar-refractivity contribution in [3.63, 3.8) is 0 Å². The Hall–Kier alpha value is -0.650. The van der Waals surface area contributed by atoms with Gasteiger partial charge in [-0.15, -0.1) is 0 Å². The second-order valence-electron chi connectivity index (χ2n) is 13.5. The molecule has 4 aliphatic carbocycles. The van der Waals surface area contributed by atoms with Crippen LogP contribution in [0.4, 0.5) is 0 Å². The van der Waals surface area contributed by atoms with E-state index in [-0.39, 0.29) is 65.3 Å². The molecule has 0 bridgehead atoms. The number of aliphatic carboxylic acids is 1. The molecule has 6 heteroatoms. The molecule has 0 heterocycles. The maximum Gasteiger partial charge on any atom is 1.00 e. The molecule has 5 nitrogen and oxygen atoms in total. The van der Waals surface area contributed by atoms with Crippen molar-refractivity contribution in [2.24, 2.45) is 46.3 Å². The number of rotatable bonds is 9. The molecule has 8 atom stereocenters. The maximum absolute atomic E-state index is 13.7. The zero-order chi connectivity index (χ0) is 26.3. The zero-order valence-electron chi connectivity index (χ0n) is 24.1. The van der Waals surface area contributed by atoms with E-state index in [0.717, 1.165) is 42.6 Å². The largest absolute Gasteiger partial charge is 1.00 e. The second kappa shape index (κ2) is 12.3. The molecule has 0 aromatic heterocycles. The van der Waals surface area contributed by atoms with Crippen molar-refractivity contribution in [2.45, 2.75) is 118 Å². The van der Waals surface area contributed by atoms with Crippen LogP contribution in [-0.2, 0) is 19.1 Å². The number of carbonyl (C=O) groups excluding carboxylic acids is 3. The molecular formula is C31H47NaO5. The van der Waals surface area contributed by atoms with Gasteiger partial charge in [0, 0.05) is 18.3 Å². The average Bonchev–Trinajstić information content (AvgIpc) is 3.15. The summed E-state index contributed by atoms with van der Waals surface area (Å²) in [6, 6.07) is 0. The normalized spacial score (nSPS) is 37.5. The van der Waals surface area contributed by atoms with Crippen molar-refractivity contribution < 1.29 is 53.8 Å². The topological polar surface area (TPSA) is 83.5 Å². The second-order valence-corrected chi connectivity index (χ2v) is 13.5. The molecule has 0 amide bonds. The monoisotopic (exact) mass is 522 g/mol. The molecule has 0 aliphatic heterocycles. The number of carbonyl (C=O) groups is 3. The van der Waals surface area contributed by atoms with Gasteiger partial charge in [0.25, 0.3) is 0 Å². The first-order valence-electron chi connectivity index (χ1n) is 14.6. The van der Waals surface area contributed by atoms with E-state index < -0.39 is 11.9 Å². The summed E-state index contributed by atoms with van der Waals surface area (Å²) in [7, 11) is 0. The fourth-order valence-corrected chi connectivity index (χ4v) is 8.94. The van der Waals surface area contributed by atoms with Gasteiger partial charge in [-0.05, 0) is 91.4 Å². The minimum atomic E-state index is -1.24. The Bertz CT molecular complexity index is 896. The molecule has 37 heavy (non-hydrogen) atoms. The molecule has 0 N–H and O–H groups in total. The minimum absolute atomic E-state index is 0. The van der Waals surface area contributed by atoms with Gasteiger partial charge in [0.2, 0.25) is 0 Å². The van der Waals surface area contributed by atoms with E-state index in [1.54, 1.807) is 0 Å². The first-order valence-corrected chi connectivity index (χ1v) is 14.6. The Morgan fingerprint density at radius 2 is 1.76 bits per heavy atom. The van der Waals surface area contributed by atoms with Crippen LogP contribution < -0.4 is 34.7 Å². The van der Waals surface area contributed by atoms with Crippen molar-refractivity contribution >= 4 is 17.7 Å². The number of fused-ring (bicyclic) bond motifs is 5. The fraction of sp³-hybridized carbons (Fsp3) is 0.839. The molecule has 0 radical (unpaired) electrons. The molecule has 4 rings (SSSR count). The third-order valence-electron chi connectivity index (χ3n) is 10.9. The fourth-order valence-electron chi connectivity index (χ4n) is 8.94. The predicted molar refractivity (Wildman–Crippen MR) is 138 cm³/mol. The minimum Gasteiger partial charge on any atom is -0.550 e. The van der Waals surface area contributed by atoms with Gasteiger partial charge in [-0.25, -0.2) is 0 Å². The Labute approximate surface area is 246 Å². The van der Waals surface area contributed by atoms with E-state index in [2.05, 4.69) is 34.6 Å². The molecule has 0 unspecified atom stereocenters. The number of hydrogen-bond acceptors (Lipinski definition) is 5. The van der Waals surface area contributed by atoms with Gasteiger partial charge in [0.05, 0.1) is 6.42 Å². The number of ether oxygens (including phenoxy) is 1. The number of carboxylic acids is 1. The van der Waals surface area contributed by atoms with Crippen LogP contribution in [0.2, 0.25) is 0 Å². The molecule has 0 spiro atoms. The number of hydrogen-bond donors (Lipinski definition) is 0. The van der Waals surface area contributed by atoms with Gasteiger partial charge in [-0.2, -0.15) is 0 Å². The standard InChI is InChI=1S/C31H48O5.Na/c1-19(2)7-6-8-20(3)23-9-10-24-29-25(14-16-31(23,24)5)30(4)15-13-22(17-21(30)18-26(29)32)36-28(35)12-11-27(33)34;/h18-20,22-25,29H,6-17H2,1-5H3,(H,33,34);/q;+1/p-1/t20-,22+,23-,24+,25+,29+,30+,31-;/m1./s1. The van der Waals surface area contributed by atoms with E-state index in [1.807, 2.05) is 6.08 Å². The summed E-state index contributed by atoms with van der Waals surface area (Å²) >= 11 is 0. The molecule has 0 saturated heterocycles. The molecular weight excluding hydrogens is 475 g/mol. The van der Waals surface area contributed by atoms with Gasteiger partial charge in [-0.3, -0.25) is 9.59 Å². The number of ketones is 1. The van der Waals surface area contributed by atoms with Gasteiger partial charge in [0.15, 0.2) is 5.78 Å². The quantitative estimate of drug-likeness (QED) is 0.343. The first kappa shape index (κ1) is 30.9. The number of esters is 1. The maximum atomic E-state index is 13.7. The third-order valence-corrected chi connectivity index (χ3v) is 10.9. The van der Waals surface area contributed by atoms with Gasteiger partial charge < -0.3 is 14.6 Å². The van der Waals surface area contributed by atoms with E-state index in [4.69, 9.17) is 4.74 Å². The van der Waals surface area contributed by atoms with Crippen LogP contribution in [0.25, 0.3) is 0 Å². The Morgan fingerprint density at radius 1 is 1.03 bits per heavy atom. The van der Waals surface area contributed by atoms with Crippen LogP contribution >= 0.6 is 0 Å². The van der Waals surface area contributed by atoms with Crippen molar-refractivity contribution in [3.8, 4) is 0 Å². The smallest absolute Gasteiger partial charge is 0.550 e. The molecule has 3 saturated carbocycles. The van der Waals surface area contributed by atoms with E-state index in [1.165, 1.54) is 38.5 Å². The zero-order valence-corrected chi connectivity index (χ0v) is 26.1. The SMILES string of the molecule is CC(C)CCC[C@@H](C)[C@H]1CC[C@H]2[C@@H]3C(=O)C=C4C[C@@H](OC(=O)CCC(=O)[O-])CC[C@]4(C)[C@H]3CC[C@]12C.[Na+]. The van der Waals surface area contributed by atoms with Crippen molar-refractivity contribution in [3.05, 3.63) is 11.6 Å². The molecule has 0 aromatic rings. The van der Waals surface area contributed by atoms with Gasteiger partial charge >= 0.3 is 35.5 Å². The van der Waals surface area contributed by atoms with Crippen LogP contribution in [0, 0.1) is 46.3 Å². The summed E-state index contributed by atoms with van der Waals surface area (Å²) in [5.74, 6) is 1.79. The summed E-state index contributed by atoms with van der Waals surface area (Å²) in [4.78, 5) is 36.4. The average molecular weight is 523 g/mol. The summed E-state index contributed by atoms with van der Waals surface area (Å²) in [5, 5.41) is 10.7. The van der Waals surface area contributed by atoms with Crippen molar-refractivity contribution in [2.75, 3.05) is 0 Å². The van der Waals surface area contributed by atoms with Gasteiger partial charge in [-0.1, -0.05) is 59.5 Å². The number of carboxylic acid groups (broad SMARTS) is 1. The predicted octanol–water partition coefficient (Wildman–Crippen LogP) is 2.65. The summed E-state index contributed by atoms with van der Waals surface area (Å²) in [6.45, 7) is 11.9. The molecule has 202 valence electrons. The summed E-state index contributed by atoms with van der Waals surface area (Å²) < 4.78 is 5.60. The Balaban J connectivity index is 0.00000380. The van der Waals surface area contributed by atoms with Crippen LogP contribution in [0.5, 0.6) is 0 Å². The first-order chi connectivity index (χ1) is 17.0. The summed E-state index contributed by atoms with van der Waals surface area (Å²) in [6.07, 6.45) is 12.2. The van der Waals surface area contributed by atoms with E-state index >= 15 is 0 Å². The van der Waals surface area contributed by atoms with Crippen LogP contribution in [0.15, 0.2) is 11.6 Å². The van der Waals surface area contributed by atoms with E-state index in [0.29, 0.717) is 24.0 Å². The Kier molecular flexibility index (Phi) is 10.2. The third kappa shape index (κ3) is 6.24. The van der Waals surface area contributed by atoms with Crippen LogP contribution in [-0.4, -0.2) is 23.8 Å². The number of allylic oxidation sites excluding steroid dienone is 1. The molecule has 3 fully saturated rings. The molecule has 0 aromatic carbocycles.